The molecular weight excluding hydrogens is 797 g/mol. The van der Waals surface area contributed by atoms with E-state index in [1.165, 1.54) is 4.90 Å². The molecule has 4 aromatic heterocycles. The quantitative estimate of drug-likeness (QED) is 0.100. The number of carbonyl (C=O) groups is 2. The third kappa shape index (κ3) is 8.81. The zero-order valence-electron chi connectivity index (χ0n) is 35.0. The number of aryl methyl sites for hydroxylation is 1. The molecule has 0 radical (unpaired) electrons. The second-order valence-electron chi connectivity index (χ2n) is 16.2. The number of rotatable bonds is 14. The van der Waals surface area contributed by atoms with E-state index in [1.807, 2.05) is 87.4 Å². The topological polar surface area (TPSA) is 197 Å². The Balaban J connectivity index is 0.854. The fraction of sp³-hybridized carbons (Fsp3) is 0.432. The maximum Gasteiger partial charge on any atom is 0.254 e. The van der Waals surface area contributed by atoms with Crippen LogP contribution in [0.1, 0.15) is 75.1 Å². The number of ether oxygens (including phenoxy) is 1. The minimum absolute atomic E-state index is 0.0479. The minimum atomic E-state index is -0.833. The van der Waals surface area contributed by atoms with Gasteiger partial charge in [-0.3, -0.25) is 19.2 Å². The Labute approximate surface area is 357 Å². The van der Waals surface area contributed by atoms with Crippen molar-refractivity contribution in [1.29, 1.82) is 0 Å². The average molecular weight is 849 g/mol. The number of para-hydroxylation sites is 1. The van der Waals surface area contributed by atoms with Crippen LogP contribution in [-0.4, -0.2) is 114 Å². The molecule has 6 aromatic rings. The van der Waals surface area contributed by atoms with Crippen molar-refractivity contribution < 1.29 is 29.1 Å². The first kappa shape index (κ1) is 41.8. The number of likely N-dealkylation sites (tertiary alicyclic amines) is 2. The van der Waals surface area contributed by atoms with Crippen molar-refractivity contribution in [1.82, 2.24) is 45.2 Å². The molecule has 2 amide bonds. The van der Waals surface area contributed by atoms with Crippen molar-refractivity contribution in [3.8, 4) is 33.3 Å². The predicted octanol–water partition coefficient (Wildman–Crippen LogP) is 5.96. The van der Waals surface area contributed by atoms with Gasteiger partial charge in [-0.2, -0.15) is 5.10 Å². The first-order valence-electron chi connectivity index (χ1n) is 20.8. The molecule has 0 spiro atoms. The third-order valence-corrected chi connectivity index (χ3v) is 12.8. The van der Waals surface area contributed by atoms with E-state index in [2.05, 4.69) is 35.9 Å². The van der Waals surface area contributed by atoms with Gasteiger partial charge in [-0.1, -0.05) is 50.2 Å². The summed E-state index contributed by atoms with van der Waals surface area (Å²) in [5.41, 5.74) is 7.53. The molecule has 6 heterocycles. The van der Waals surface area contributed by atoms with Crippen LogP contribution in [0.15, 0.2) is 70.7 Å². The summed E-state index contributed by atoms with van der Waals surface area (Å²) in [6, 6.07) is 17.7. The van der Waals surface area contributed by atoms with Crippen LogP contribution in [0.2, 0.25) is 0 Å². The number of hydrogen-bond acceptors (Lipinski definition) is 14. The van der Waals surface area contributed by atoms with Crippen LogP contribution >= 0.6 is 11.3 Å². The average Bonchev–Trinajstić information content (AvgIpc) is 4.07. The second kappa shape index (κ2) is 18.0. The highest BCUT2D eigenvalue weighted by Crippen LogP contribution is 2.35. The van der Waals surface area contributed by atoms with Crippen LogP contribution in [-0.2, 0) is 9.59 Å². The minimum Gasteiger partial charge on any atom is -0.507 e. The van der Waals surface area contributed by atoms with E-state index in [4.69, 9.17) is 14.4 Å². The van der Waals surface area contributed by atoms with Gasteiger partial charge < -0.3 is 35.0 Å². The highest BCUT2D eigenvalue weighted by Gasteiger charge is 2.43. The van der Waals surface area contributed by atoms with Gasteiger partial charge in [0.1, 0.15) is 24.3 Å². The Morgan fingerprint density at radius 3 is 2.52 bits per heavy atom. The van der Waals surface area contributed by atoms with E-state index in [1.54, 1.807) is 29.5 Å². The molecule has 4 N–H and O–H groups in total. The molecule has 61 heavy (non-hydrogen) atoms. The zero-order chi connectivity index (χ0) is 42.8. The van der Waals surface area contributed by atoms with Crippen LogP contribution in [0.3, 0.4) is 0 Å². The lowest BCUT2D eigenvalue weighted by molar-refractivity contribution is -0.141. The van der Waals surface area contributed by atoms with Gasteiger partial charge in [0.15, 0.2) is 17.1 Å². The molecule has 16 nitrogen and oxygen atoms in total. The Kier molecular flexibility index (Phi) is 12.3. The van der Waals surface area contributed by atoms with E-state index in [-0.39, 0.29) is 54.4 Å². The van der Waals surface area contributed by atoms with Gasteiger partial charge in [-0.15, -0.1) is 21.5 Å². The monoisotopic (exact) mass is 848 g/mol. The number of hydrogen-bond donors (Lipinski definition) is 4. The Morgan fingerprint density at radius 2 is 1.82 bits per heavy atom. The number of amides is 2. The van der Waals surface area contributed by atoms with Gasteiger partial charge in [-0.25, -0.2) is 4.98 Å². The number of carbonyl (C=O) groups excluding carboxylic acids is 2. The number of aromatic nitrogens is 6. The molecule has 17 heteroatoms. The number of nitrogens with one attached hydrogen (secondary N) is 2. The summed E-state index contributed by atoms with van der Waals surface area (Å²) in [5.74, 6) is -0.0974. The summed E-state index contributed by atoms with van der Waals surface area (Å²) in [5, 5.41) is 45.2. The maximum absolute atomic E-state index is 14.2. The first-order chi connectivity index (χ1) is 29.5. The molecule has 320 valence electrons. The molecule has 2 aromatic carbocycles. The van der Waals surface area contributed by atoms with Crippen molar-refractivity contribution in [2.75, 3.05) is 45.2 Å². The Bertz CT molecular complexity index is 2480. The van der Waals surface area contributed by atoms with Crippen LogP contribution in [0.25, 0.3) is 32.7 Å². The highest BCUT2D eigenvalue weighted by molar-refractivity contribution is 7.13. The normalized spacial score (nSPS) is 18.4. The van der Waals surface area contributed by atoms with Crippen LogP contribution < -0.4 is 15.4 Å². The molecule has 4 atom stereocenters. The van der Waals surface area contributed by atoms with Crippen LogP contribution in [0, 0.1) is 12.8 Å². The lowest BCUT2D eigenvalue weighted by Gasteiger charge is -2.32. The molecular formula is C44H52N10O6S. The summed E-state index contributed by atoms with van der Waals surface area (Å²) >= 11 is 1.59. The van der Waals surface area contributed by atoms with E-state index in [0.717, 1.165) is 53.1 Å². The number of thiazole rings is 1. The van der Waals surface area contributed by atoms with Crippen molar-refractivity contribution in [3.05, 3.63) is 83.2 Å². The van der Waals surface area contributed by atoms with E-state index in [0.29, 0.717) is 41.5 Å². The lowest BCUT2D eigenvalue weighted by atomic mass is 9.91. The Hall–Kier alpha value is -5.91. The fourth-order valence-electron chi connectivity index (χ4n) is 8.47. The van der Waals surface area contributed by atoms with E-state index in [9.17, 15) is 19.8 Å². The first-order valence-corrected chi connectivity index (χ1v) is 21.7. The van der Waals surface area contributed by atoms with Crippen molar-refractivity contribution in [3.63, 3.8) is 0 Å². The lowest BCUT2D eigenvalue weighted by Crippen LogP contribution is -2.48. The summed E-state index contributed by atoms with van der Waals surface area (Å²) in [6.07, 6.45) is 1.05. The standard InChI is InChI=1S/C44H52N10O6S/c1-25(2)39(44(58)53-23-31(55)20-35(53)43(57)47-26(3)28-10-12-29(13-11-28)41-27(4)46-24-61-41)37-22-38(51-60-37)59-19-18-52-16-14-30(15-17-52)54-34-21-33(32-8-6-7-9-36(32)56)48-49-40(34)42(45-5)50-54/h6-13,21-22,24-26,30-31,35,39,55-56H,14-20,23H2,1-5H3,(H,45,50)(H,47,57)/t26-,31+,35-,39-/m0/s1. The zero-order valence-corrected chi connectivity index (χ0v) is 35.8. The molecule has 2 fully saturated rings. The molecule has 8 rings (SSSR count). The smallest absolute Gasteiger partial charge is 0.254 e. The molecule has 2 aliphatic heterocycles. The van der Waals surface area contributed by atoms with Crippen molar-refractivity contribution >= 4 is 40.0 Å². The summed E-state index contributed by atoms with van der Waals surface area (Å²) < 4.78 is 13.8. The van der Waals surface area contributed by atoms with E-state index < -0.39 is 18.1 Å². The number of anilines is 1. The number of phenols is 1. The van der Waals surface area contributed by atoms with Gasteiger partial charge in [0.2, 0.25) is 11.8 Å². The van der Waals surface area contributed by atoms with E-state index >= 15 is 0 Å². The summed E-state index contributed by atoms with van der Waals surface area (Å²) in [7, 11) is 1.82. The number of aliphatic hydroxyl groups is 1. The third-order valence-electron chi connectivity index (χ3n) is 11.8. The molecule has 0 saturated carbocycles. The number of β-amino-alcohol motifs (C(OH)–C–C–N with tert-alkyl or cyclic N) is 1. The summed E-state index contributed by atoms with van der Waals surface area (Å²) in [4.78, 5) is 37.2. The number of nitrogens with zero attached hydrogens (tertiary/aromatic N) is 8. The van der Waals surface area contributed by atoms with Gasteiger partial charge in [0, 0.05) is 51.3 Å². The van der Waals surface area contributed by atoms with Crippen molar-refractivity contribution in [2.24, 2.45) is 5.92 Å². The van der Waals surface area contributed by atoms with Gasteiger partial charge in [0.25, 0.3) is 5.88 Å². The maximum atomic E-state index is 14.2. The molecule has 2 aliphatic rings. The number of aromatic hydroxyl groups is 1. The predicted molar refractivity (Wildman–Crippen MR) is 231 cm³/mol. The van der Waals surface area contributed by atoms with Gasteiger partial charge in [0.05, 0.1) is 45.5 Å². The molecule has 2 saturated heterocycles. The number of fused-ring (bicyclic) bond motifs is 1. The van der Waals surface area contributed by atoms with Crippen molar-refractivity contribution in [2.45, 2.75) is 77.1 Å². The van der Waals surface area contributed by atoms with Gasteiger partial charge in [-0.05, 0) is 67.1 Å². The number of aliphatic hydroxyl groups excluding tert-OH is 1. The molecule has 0 bridgehead atoms. The highest BCUT2D eigenvalue weighted by atomic mass is 32.1. The van der Waals surface area contributed by atoms with Crippen LogP contribution in [0.5, 0.6) is 11.6 Å². The Morgan fingerprint density at radius 1 is 1.05 bits per heavy atom. The summed E-state index contributed by atoms with van der Waals surface area (Å²) in [6.45, 7) is 10.5. The molecule has 0 unspecified atom stereocenters. The number of benzene rings is 2. The largest absolute Gasteiger partial charge is 0.507 e. The molecule has 0 aliphatic carbocycles. The van der Waals surface area contributed by atoms with Crippen LogP contribution in [0.4, 0.5) is 5.82 Å². The SMILES string of the molecule is CNc1nn(C2CCN(CCOc3cc([C@@H](C(=O)N4C[C@H](O)C[C@H]4C(=O)N[C@@H](C)c4ccc(-c5scnc5C)cc4)C(C)C)on3)CC2)c2cc(-c3ccccc3O)nnc12. The second-order valence-corrected chi connectivity index (χ2v) is 17.1. The van der Waals surface area contributed by atoms with Gasteiger partial charge >= 0.3 is 0 Å². The number of piperidine rings is 1. The fourth-order valence-corrected chi connectivity index (χ4v) is 9.28. The number of phenolic OH excluding ortho intramolecular Hbond substituents is 1.